The van der Waals surface area contributed by atoms with Gasteiger partial charge < -0.3 is 10.2 Å². The molecule has 4 aliphatic rings. The zero-order valence-corrected chi connectivity index (χ0v) is 20.5. The average Bonchev–Trinajstić information content (AvgIpc) is 3.29. The molecule has 0 radical (unpaired) electrons. The zero-order valence-electron chi connectivity index (χ0n) is 20.5. The minimum atomic E-state index is -0.530. The summed E-state index contributed by atoms with van der Waals surface area (Å²) in [6.45, 7) is 8.93. The van der Waals surface area contributed by atoms with Crippen LogP contribution in [0.15, 0.2) is 34.9 Å². The van der Waals surface area contributed by atoms with Crippen LogP contribution in [-0.2, 0) is 0 Å². The topological polar surface area (TPSA) is 40.5 Å². The van der Waals surface area contributed by atoms with E-state index in [1.165, 1.54) is 56.1 Å². The molecule has 2 N–H and O–H groups in total. The van der Waals surface area contributed by atoms with Crippen molar-refractivity contribution in [2.75, 3.05) is 0 Å². The molecule has 2 unspecified atom stereocenters. The summed E-state index contributed by atoms with van der Waals surface area (Å²) >= 11 is 0. The molecule has 0 spiro atoms. The predicted octanol–water partition coefficient (Wildman–Crippen LogP) is 7.12. The largest absolute Gasteiger partial charge is 0.390 e. The highest BCUT2D eigenvalue weighted by atomic mass is 16.3. The van der Waals surface area contributed by atoms with Gasteiger partial charge in [0.25, 0.3) is 0 Å². The van der Waals surface area contributed by atoms with Gasteiger partial charge in [0.1, 0.15) is 0 Å². The van der Waals surface area contributed by atoms with Crippen LogP contribution in [0.2, 0.25) is 0 Å². The first kappa shape index (κ1) is 23.3. The quantitative estimate of drug-likeness (QED) is 0.444. The molecule has 0 aliphatic heterocycles. The van der Waals surface area contributed by atoms with E-state index in [1.54, 1.807) is 5.57 Å². The second kappa shape index (κ2) is 9.18. The fourth-order valence-electron chi connectivity index (χ4n) is 7.81. The van der Waals surface area contributed by atoms with Crippen molar-refractivity contribution < 1.29 is 10.2 Å². The Kier molecular flexibility index (Phi) is 6.90. The molecule has 4 aliphatic carbocycles. The third-order valence-electron chi connectivity index (χ3n) is 9.42. The molecule has 174 valence electrons. The summed E-state index contributed by atoms with van der Waals surface area (Å²) in [6, 6.07) is 0. The number of aliphatic hydroxyl groups is 2. The molecule has 2 nitrogen and oxygen atoms in total. The Hall–Kier alpha value is -0.860. The van der Waals surface area contributed by atoms with E-state index in [1.807, 2.05) is 13.8 Å². The summed E-state index contributed by atoms with van der Waals surface area (Å²) in [5, 5.41) is 20.6. The van der Waals surface area contributed by atoms with Gasteiger partial charge in [0.05, 0.1) is 11.7 Å². The maximum Gasteiger partial charge on any atom is 0.0790 e. The Morgan fingerprint density at radius 1 is 1.19 bits per heavy atom. The smallest absolute Gasteiger partial charge is 0.0790 e. The average molecular weight is 427 g/mol. The summed E-state index contributed by atoms with van der Waals surface area (Å²) in [4.78, 5) is 0. The van der Waals surface area contributed by atoms with Gasteiger partial charge >= 0.3 is 0 Å². The molecular formula is C29H46O2. The van der Waals surface area contributed by atoms with Crippen molar-refractivity contribution in [3.63, 3.8) is 0 Å². The minimum Gasteiger partial charge on any atom is -0.390 e. The van der Waals surface area contributed by atoms with E-state index in [0.717, 1.165) is 49.9 Å². The van der Waals surface area contributed by atoms with E-state index in [0.29, 0.717) is 11.3 Å². The Balaban J connectivity index is 1.42. The van der Waals surface area contributed by atoms with E-state index in [-0.39, 0.29) is 6.10 Å². The second-order valence-corrected chi connectivity index (χ2v) is 12.2. The fourth-order valence-corrected chi connectivity index (χ4v) is 7.81. The normalized spacial score (nSPS) is 39.5. The van der Waals surface area contributed by atoms with Gasteiger partial charge in [-0.05, 0) is 113 Å². The zero-order chi connectivity index (χ0) is 22.2. The fraction of sp³-hybridized carbons (Fsp3) is 0.793. The highest BCUT2D eigenvalue weighted by Crippen LogP contribution is 2.60. The number of hydrogen-bond donors (Lipinski definition) is 2. The molecule has 2 heteroatoms. The molecule has 0 aromatic carbocycles. The van der Waals surface area contributed by atoms with Gasteiger partial charge in [0.15, 0.2) is 0 Å². The Morgan fingerprint density at radius 3 is 2.77 bits per heavy atom. The molecule has 3 saturated carbocycles. The van der Waals surface area contributed by atoms with Gasteiger partial charge in [-0.2, -0.15) is 0 Å². The van der Waals surface area contributed by atoms with Crippen LogP contribution in [-0.4, -0.2) is 21.9 Å². The lowest BCUT2D eigenvalue weighted by Crippen LogP contribution is -2.36. The molecule has 0 saturated heterocycles. The van der Waals surface area contributed by atoms with Crippen molar-refractivity contribution in [2.24, 2.45) is 29.1 Å². The lowest BCUT2D eigenvalue weighted by Gasteiger charge is -2.44. The van der Waals surface area contributed by atoms with Gasteiger partial charge in [-0.3, -0.25) is 0 Å². The third-order valence-corrected chi connectivity index (χ3v) is 9.42. The summed E-state index contributed by atoms with van der Waals surface area (Å²) in [5.41, 5.74) is 4.40. The number of allylic oxidation sites excluding steroid dienone is 4. The Bertz CT molecular complexity index is 736. The van der Waals surface area contributed by atoms with Gasteiger partial charge in [0, 0.05) is 0 Å². The van der Waals surface area contributed by atoms with Gasteiger partial charge in [-0.25, -0.2) is 0 Å². The Morgan fingerprint density at radius 2 is 2.00 bits per heavy atom. The number of aliphatic hydroxyl groups excluding tert-OH is 1. The van der Waals surface area contributed by atoms with E-state index in [2.05, 4.69) is 32.1 Å². The van der Waals surface area contributed by atoms with Crippen molar-refractivity contribution in [1.29, 1.82) is 0 Å². The number of hydrogen-bond acceptors (Lipinski definition) is 2. The van der Waals surface area contributed by atoms with Crippen molar-refractivity contribution in [3.8, 4) is 0 Å². The molecule has 0 bridgehead atoms. The maximum absolute atomic E-state index is 10.5. The Labute approximate surface area is 190 Å². The lowest BCUT2D eigenvalue weighted by atomic mass is 9.60. The van der Waals surface area contributed by atoms with Crippen molar-refractivity contribution in [2.45, 2.75) is 116 Å². The van der Waals surface area contributed by atoms with Crippen molar-refractivity contribution in [1.82, 2.24) is 0 Å². The van der Waals surface area contributed by atoms with Crippen LogP contribution in [0, 0.1) is 29.1 Å². The van der Waals surface area contributed by atoms with Gasteiger partial charge in [-0.15, -0.1) is 0 Å². The first-order chi connectivity index (χ1) is 14.7. The van der Waals surface area contributed by atoms with Crippen molar-refractivity contribution in [3.05, 3.63) is 34.9 Å². The highest BCUT2D eigenvalue weighted by Gasteiger charge is 2.50. The van der Waals surface area contributed by atoms with E-state index < -0.39 is 5.60 Å². The van der Waals surface area contributed by atoms with Crippen LogP contribution < -0.4 is 0 Å². The van der Waals surface area contributed by atoms with E-state index in [4.69, 9.17) is 0 Å². The molecule has 31 heavy (non-hydrogen) atoms. The van der Waals surface area contributed by atoms with Crippen LogP contribution in [0.25, 0.3) is 0 Å². The molecule has 0 aromatic heterocycles. The highest BCUT2D eigenvalue weighted by molar-refractivity contribution is 5.31. The maximum atomic E-state index is 10.5. The summed E-state index contributed by atoms with van der Waals surface area (Å²) in [5.74, 6) is 2.91. The monoisotopic (exact) mass is 426 g/mol. The second-order valence-electron chi connectivity index (χ2n) is 12.2. The minimum absolute atomic E-state index is 0.233. The van der Waals surface area contributed by atoms with Crippen LogP contribution in [0.1, 0.15) is 105 Å². The standard InChI is InChI=1S/C29H46O2/c1-20(8-6-16-28(2,3)31)25-14-15-26-22(10-7-17-29(25,26)4)13-12-21-18-23-9-5-11-24(23)27(30)19-21/h11-13,20,23,25-27,30-31H,5-10,14-19H2,1-4H3/b21-12-,22-13+/t20-,23+,25?,26?,27-,29-/m1/s1. The first-order valence-electron chi connectivity index (χ1n) is 13.2. The first-order valence-corrected chi connectivity index (χ1v) is 13.2. The molecule has 6 atom stereocenters. The van der Waals surface area contributed by atoms with Gasteiger partial charge in [-0.1, -0.05) is 56.1 Å². The van der Waals surface area contributed by atoms with Gasteiger partial charge in [0.2, 0.25) is 0 Å². The summed E-state index contributed by atoms with van der Waals surface area (Å²) in [7, 11) is 0. The predicted molar refractivity (Wildman–Crippen MR) is 130 cm³/mol. The molecule has 4 rings (SSSR count). The third kappa shape index (κ3) is 5.06. The summed E-state index contributed by atoms with van der Waals surface area (Å²) in [6.07, 6.45) is 21.3. The van der Waals surface area contributed by atoms with Crippen LogP contribution in [0.4, 0.5) is 0 Å². The molecular weight excluding hydrogens is 380 g/mol. The molecule has 0 amide bonds. The number of fused-ring (bicyclic) bond motifs is 2. The van der Waals surface area contributed by atoms with Crippen LogP contribution >= 0.6 is 0 Å². The van der Waals surface area contributed by atoms with Crippen LogP contribution in [0.5, 0.6) is 0 Å². The van der Waals surface area contributed by atoms with E-state index in [9.17, 15) is 10.2 Å². The summed E-state index contributed by atoms with van der Waals surface area (Å²) < 4.78 is 0. The number of rotatable bonds is 6. The van der Waals surface area contributed by atoms with E-state index >= 15 is 0 Å². The molecule has 0 heterocycles. The molecule has 3 fully saturated rings. The SMILES string of the molecule is C[C@H](CCCC(C)(C)O)C1CCC2/C(=C/C=C3/C[C@@H]4CCC=C4[C@H](O)C3)CCC[C@@]21C. The van der Waals surface area contributed by atoms with Crippen molar-refractivity contribution >= 4 is 0 Å². The van der Waals surface area contributed by atoms with Crippen LogP contribution in [0.3, 0.4) is 0 Å². The molecule has 0 aromatic rings. The lowest BCUT2D eigenvalue weighted by molar-refractivity contribution is 0.0596.